The van der Waals surface area contributed by atoms with Gasteiger partial charge in [0.15, 0.2) is 0 Å². The largest absolute Gasteiger partial charge is 0.489 e. The van der Waals surface area contributed by atoms with Crippen molar-refractivity contribution in [1.29, 1.82) is 0 Å². The first-order chi connectivity index (χ1) is 6.59. The number of anilines is 1. The van der Waals surface area contributed by atoms with Gasteiger partial charge in [0.2, 0.25) is 0 Å². The maximum absolute atomic E-state index is 5.98. The van der Waals surface area contributed by atoms with E-state index in [0.29, 0.717) is 6.61 Å². The molecule has 0 bridgehead atoms. The molecule has 1 atom stereocenters. The standard InChI is InChI=1S/C11H16N2O/c1-7-4-8(2)11-10(5-7)13(12)9(3)6-14-11/h4-5,9H,6,12H2,1-3H3. The lowest BCUT2D eigenvalue weighted by molar-refractivity contribution is 0.269. The van der Waals surface area contributed by atoms with Crippen molar-refractivity contribution in [3.05, 3.63) is 23.3 Å². The van der Waals surface area contributed by atoms with E-state index >= 15 is 0 Å². The van der Waals surface area contributed by atoms with E-state index in [1.165, 1.54) is 5.56 Å². The summed E-state index contributed by atoms with van der Waals surface area (Å²) >= 11 is 0. The SMILES string of the molecule is Cc1cc(C)c2c(c1)N(N)C(C)CO2. The number of rotatable bonds is 0. The molecule has 1 aliphatic heterocycles. The predicted molar refractivity (Wildman–Crippen MR) is 57.5 cm³/mol. The average molecular weight is 192 g/mol. The molecule has 3 nitrogen and oxygen atoms in total. The summed E-state index contributed by atoms with van der Waals surface area (Å²) in [6.45, 7) is 6.84. The minimum absolute atomic E-state index is 0.240. The summed E-state index contributed by atoms with van der Waals surface area (Å²) in [6, 6.07) is 4.42. The highest BCUT2D eigenvalue weighted by molar-refractivity contribution is 5.64. The Hall–Kier alpha value is -1.22. The number of hydrogen-bond donors (Lipinski definition) is 1. The zero-order chi connectivity index (χ0) is 10.3. The van der Waals surface area contributed by atoms with Crippen LogP contribution >= 0.6 is 0 Å². The molecule has 0 saturated carbocycles. The molecule has 0 aromatic heterocycles. The van der Waals surface area contributed by atoms with Crippen LogP contribution in [0.2, 0.25) is 0 Å². The van der Waals surface area contributed by atoms with Crippen LogP contribution in [0.1, 0.15) is 18.1 Å². The van der Waals surface area contributed by atoms with Crippen LogP contribution in [0, 0.1) is 13.8 Å². The van der Waals surface area contributed by atoms with E-state index in [1.54, 1.807) is 5.01 Å². The molecule has 2 rings (SSSR count). The zero-order valence-electron chi connectivity index (χ0n) is 8.87. The van der Waals surface area contributed by atoms with E-state index in [2.05, 4.69) is 32.9 Å². The second kappa shape index (κ2) is 3.17. The van der Waals surface area contributed by atoms with Crippen LogP contribution in [0.15, 0.2) is 12.1 Å². The average Bonchev–Trinajstić information content (AvgIpc) is 2.12. The smallest absolute Gasteiger partial charge is 0.146 e. The predicted octanol–water partition coefficient (Wildman–Crippen LogP) is 1.76. The Morgan fingerprint density at radius 2 is 2.14 bits per heavy atom. The zero-order valence-corrected chi connectivity index (χ0v) is 8.87. The van der Waals surface area contributed by atoms with Crippen LogP contribution in [0.3, 0.4) is 0 Å². The number of aryl methyl sites for hydroxylation is 2. The van der Waals surface area contributed by atoms with Crippen molar-refractivity contribution in [3.63, 3.8) is 0 Å². The number of hydrazine groups is 1. The lowest BCUT2D eigenvalue weighted by atomic mass is 10.1. The fourth-order valence-corrected chi connectivity index (χ4v) is 1.83. The first-order valence-electron chi connectivity index (χ1n) is 4.87. The van der Waals surface area contributed by atoms with Crippen LogP contribution in [-0.4, -0.2) is 12.6 Å². The molecule has 0 saturated heterocycles. The second-order valence-electron chi connectivity index (χ2n) is 4.00. The summed E-state index contributed by atoms with van der Waals surface area (Å²) in [6.07, 6.45) is 0. The minimum atomic E-state index is 0.240. The van der Waals surface area contributed by atoms with Crippen LogP contribution < -0.4 is 15.6 Å². The summed E-state index contributed by atoms with van der Waals surface area (Å²) < 4.78 is 5.67. The quantitative estimate of drug-likeness (QED) is 0.637. The van der Waals surface area contributed by atoms with Gasteiger partial charge >= 0.3 is 0 Å². The summed E-state index contributed by atoms with van der Waals surface area (Å²) in [5.74, 6) is 6.91. The molecule has 0 aliphatic carbocycles. The molecule has 14 heavy (non-hydrogen) atoms. The highest BCUT2D eigenvalue weighted by atomic mass is 16.5. The molecular formula is C11H16N2O. The summed E-state index contributed by atoms with van der Waals surface area (Å²) in [5.41, 5.74) is 3.37. The monoisotopic (exact) mass is 192 g/mol. The number of nitrogens with zero attached hydrogens (tertiary/aromatic N) is 1. The first-order valence-corrected chi connectivity index (χ1v) is 4.87. The maximum atomic E-state index is 5.98. The van der Waals surface area contributed by atoms with Gasteiger partial charge in [-0.05, 0) is 38.0 Å². The van der Waals surface area contributed by atoms with E-state index in [4.69, 9.17) is 10.6 Å². The molecule has 0 spiro atoms. The molecule has 76 valence electrons. The second-order valence-corrected chi connectivity index (χ2v) is 4.00. The normalized spacial score (nSPS) is 20.3. The van der Waals surface area contributed by atoms with Crippen molar-refractivity contribution >= 4 is 5.69 Å². The van der Waals surface area contributed by atoms with Gasteiger partial charge in [-0.2, -0.15) is 0 Å². The van der Waals surface area contributed by atoms with Crippen molar-refractivity contribution < 1.29 is 4.74 Å². The minimum Gasteiger partial charge on any atom is -0.489 e. The molecule has 3 heteroatoms. The maximum Gasteiger partial charge on any atom is 0.146 e. The Morgan fingerprint density at radius 3 is 2.86 bits per heavy atom. The third-order valence-electron chi connectivity index (χ3n) is 2.62. The number of hydrogen-bond acceptors (Lipinski definition) is 3. The van der Waals surface area contributed by atoms with Gasteiger partial charge in [-0.25, -0.2) is 5.84 Å². The van der Waals surface area contributed by atoms with Gasteiger partial charge < -0.3 is 9.75 Å². The molecule has 1 heterocycles. The van der Waals surface area contributed by atoms with Gasteiger partial charge in [-0.3, -0.25) is 0 Å². The van der Waals surface area contributed by atoms with E-state index in [0.717, 1.165) is 17.0 Å². The van der Waals surface area contributed by atoms with E-state index < -0.39 is 0 Å². The molecule has 0 radical (unpaired) electrons. The topological polar surface area (TPSA) is 38.5 Å². The van der Waals surface area contributed by atoms with E-state index in [9.17, 15) is 0 Å². The van der Waals surface area contributed by atoms with E-state index in [1.807, 2.05) is 0 Å². The van der Waals surface area contributed by atoms with Crippen molar-refractivity contribution in [1.82, 2.24) is 0 Å². The fraction of sp³-hybridized carbons (Fsp3) is 0.455. The third-order valence-corrected chi connectivity index (χ3v) is 2.62. The molecule has 0 fully saturated rings. The number of ether oxygens (including phenoxy) is 1. The van der Waals surface area contributed by atoms with Gasteiger partial charge in [-0.1, -0.05) is 6.07 Å². The van der Waals surface area contributed by atoms with Gasteiger partial charge in [-0.15, -0.1) is 0 Å². The number of nitrogens with two attached hydrogens (primary N) is 1. The van der Waals surface area contributed by atoms with Crippen molar-refractivity contribution in [2.24, 2.45) is 5.84 Å². The summed E-state index contributed by atoms with van der Waals surface area (Å²) in [4.78, 5) is 0. The van der Waals surface area contributed by atoms with Crippen LogP contribution in [0.5, 0.6) is 5.75 Å². The fourth-order valence-electron chi connectivity index (χ4n) is 1.83. The van der Waals surface area contributed by atoms with Crippen LogP contribution in [-0.2, 0) is 0 Å². The highest BCUT2D eigenvalue weighted by Crippen LogP contribution is 2.35. The molecule has 1 aromatic rings. The Morgan fingerprint density at radius 1 is 1.43 bits per heavy atom. The Kier molecular flexibility index (Phi) is 2.11. The molecule has 2 N–H and O–H groups in total. The lowest BCUT2D eigenvalue weighted by Gasteiger charge is -2.34. The molecule has 0 amide bonds. The highest BCUT2D eigenvalue weighted by Gasteiger charge is 2.23. The molecular weight excluding hydrogens is 176 g/mol. The Bertz CT molecular complexity index is 363. The Balaban J connectivity index is 2.54. The van der Waals surface area contributed by atoms with Gasteiger partial charge in [0.25, 0.3) is 0 Å². The Labute approximate surface area is 84.4 Å². The van der Waals surface area contributed by atoms with E-state index in [-0.39, 0.29) is 6.04 Å². The van der Waals surface area contributed by atoms with Crippen molar-refractivity contribution in [2.45, 2.75) is 26.8 Å². The van der Waals surface area contributed by atoms with Gasteiger partial charge in [0, 0.05) is 0 Å². The molecule has 1 unspecified atom stereocenters. The van der Waals surface area contributed by atoms with Gasteiger partial charge in [0.1, 0.15) is 12.4 Å². The number of fused-ring (bicyclic) bond motifs is 1. The summed E-state index contributed by atoms with van der Waals surface area (Å²) in [5, 5.41) is 1.79. The third kappa shape index (κ3) is 1.34. The van der Waals surface area contributed by atoms with Crippen molar-refractivity contribution in [2.75, 3.05) is 11.6 Å². The van der Waals surface area contributed by atoms with Crippen LogP contribution in [0.4, 0.5) is 5.69 Å². The number of benzene rings is 1. The molecule has 1 aromatic carbocycles. The summed E-state index contributed by atoms with van der Waals surface area (Å²) in [7, 11) is 0. The van der Waals surface area contributed by atoms with Gasteiger partial charge in [0.05, 0.1) is 11.7 Å². The molecule has 1 aliphatic rings. The lowest BCUT2D eigenvalue weighted by Crippen LogP contribution is -2.46. The van der Waals surface area contributed by atoms with Crippen molar-refractivity contribution in [3.8, 4) is 5.75 Å². The first kappa shape index (κ1) is 9.34. The van der Waals surface area contributed by atoms with Crippen LogP contribution in [0.25, 0.3) is 0 Å².